The van der Waals surface area contributed by atoms with Gasteiger partial charge >= 0.3 is 0 Å². The maximum atomic E-state index is 11.7. The maximum Gasteiger partial charge on any atom is 0.185 e. The molecule has 80 valence electrons. The van der Waals surface area contributed by atoms with E-state index in [1.165, 1.54) is 6.08 Å². The second-order valence-corrected chi connectivity index (χ2v) is 3.53. The van der Waals surface area contributed by atoms with Crippen molar-refractivity contribution in [3.63, 3.8) is 0 Å². The van der Waals surface area contributed by atoms with Crippen LogP contribution in [-0.2, 0) is 0 Å². The average Bonchev–Trinajstić information content (AvgIpc) is 2.73. The summed E-state index contributed by atoms with van der Waals surface area (Å²) in [5.74, 6) is 0.709. The summed E-state index contributed by atoms with van der Waals surface area (Å²) in [6, 6.07) is 11.0. The van der Waals surface area contributed by atoms with Crippen molar-refractivity contribution in [3.05, 3.63) is 65.6 Å². The minimum absolute atomic E-state index is 0.0172. The van der Waals surface area contributed by atoms with E-state index in [-0.39, 0.29) is 5.78 Å². The highest BCUT2D eigenvalue weighted by Gasteiger charge is 2.01. The monoisotopic (exact) mass is 212 g/mol. The van der Waals surface area contributed by atoms with Crippen molar-refractivity contribution in [2.45, 2.75) is 6.92 Å². The number of hydrogen-bond acceptors (Lipinski definition) is 2. The predicted octanol–water partition coefficient (Wildman–Crippen LogP) is 3.48. The average molecular weight is 212 g/mol. The highest BCUT2D eigenvalue weighted by Crippen LogP contribution is 2.11. The van der Waals surface area contributed by atoms with Gasteiger partial charge in [-0.3, -0.25) is 4.79 Å². The molecule has 2 rings (SSSR count). The number of hydrogen-bond donors (Lipinski definition) is 0. The Hall–Kier alpha value is -2.09. The highest BCUT2D eigenvalue weighted by atomic mass is 16.3. The molecule has 1 heterocycles. The molecule has 0 aliphatic heterocycles. The molecule has 0 amide bonds. The van der Waals surface area contributed by atoms with Gasteiger partial charge in [-0.1, -0.05) is 30.3 Å². The number of carbonyl (C=O) groups excluding carboxylic acids is 1. The minimum atomic E-state index is -0.0172. The van der Waals surface area contributed by atoms with E-state index in [1.54, 1.807) is 24.5 Å². The third kappa shape index (κ3) is 2.28. The van der Waals surface area contributed by atoms with Crippen LogP contribution in [0, 0.1) is 6.92 Å². The number of rotatable bonds is 3. The first-order chi connectivity index (χ1) is 7.77. The Morgan fingerprint density at radius 2 is 1.94 bits per heavy atom. The number of furan rings is 1. The van der Waals surface area contributed by atoms with Gasteiger partial charge in [-0.2, -0.15) is 0 Å². The predicted molar refractivity (Wildman–Crippen MR) is 63.3 cm³/mol. The fourth-order valence-electron chi connectivity index (χ4n) is 1.41. The van der Waals surface area contributed by atoms with Crippen LogP contribution in [-0.4, -0.2) is 5.78 Å². The van der Waals surface area contributed by atoms with E-state index < -0.39 is 0 Å². The lowest BCUT2D eigenvalue weighted by Crippen LogP contribution is -1.92. The summed E-state index contributed by atoms with van der Waals surface area (Å²) in [5.41, 5.74) is 1.71. The number of carbonyl (C=O) groups is 1. The fourth-order valence-corrected chi connectivity index (χ4v) is 1.41. The van der Waals surface area contributed by atoms with Gasteiger partial charge in [0.25, 0.3) is 0 Å². The summed E-state index contributed by atoms with van der Waals surface area (Å²) in [5, 5.41) is 0. The molecule has 2 nitrogen and oxygen atoms in total. The summed E-state index contributed by atoms with van der Waals surface area (Å²) >= 11 is 0. The molecule has 2 aromatic rings. The summed E-state index contributed by atoms with van der Waals surface area (Å²) in [6.45, 7) is 1.94. The molecule has 0 bridgehead atoms. The lowest BCUT2D eigenvalue weighted by atomic mass is 10.1. The fraction of sp³-hybridized carbons (Fsp3) is 0.0714. The summed E-state index contributed by atoms with van der Waals surface area (Å²) in [7, 11) is 0. The standard InChI is InChI=1S/C14H12O2/c1-11-9-10-16-14(11)8-7-13(15)12-5-3-2-4-6-12/h2-10H,1H3. The van der Waals surface area contributed by atoms with Gasteiger partial charge in [-0.05, 0) is 30.7 Å². The molecule has 0 unspecified atom stereocenters. The van der Waals surface area contributed by atoms with Crippen LogP contribution in [0.4, 0.5) is 0 Å². The Balaban J connectivity index is 2.15. The van der Waals surface area contributed by atoms with Gasteiger partial charge in [0, 0.05) is 5.56 Å². The maximum absolute atomic E-state index is 11.7. The Morgan fingerprint density at radius 1 is 1.19 bits per heavy atom. The van der Waals surface area contributed by atoms with Gasteiger partial charge in [0.1, 0.15) is 5.76 Å². The van der Waals surface area contributed by atoms with Crippen molar-refractivity contribution in [3.8, 4) is 0 Å². The second-order valence-electron chi connectivity index (χ2n) is 3.53. The second kappa shape index (κ2) is 4.62. The van der Waals surface area contributed by atoms with Gasteiger partial charge in [0.05, 0.1) is 6.26 Å². The Bertz CT molecular complexity index is 507. The molecular weight excluding hydrogens is 200 g/mol. The molecule has 0 saturated heterocycles. The summed E-state index contributed by atoms with van der Waals surface area (Å²) in [6.07, 6.45) is 4.84. The van der Waals surface area contributed by atoms with E-state index in [0.717, 1.165) is 11.3 Å². The van der Waals surface area contributed by atoms with E-state index in [1.807, 2.05) is 31.2 Å². The first-order valence-electron chi connectivity index (χ1n) is 5.09. The van der Waals surface area contributed by atoms with Gasteiger partial charge < -0.3 is 4.42 Å². The molecule has 0 aliphatic rings. The van der Waals surface area contributed by atoms with Crippen LogP contribution < -0.4 is 0 Å². The molecule has 0 radical (unpaired) electrons. The highest BCUT2D eigenvalue weighted by molar-refractivity contribution is 6.06. The van der Waals surface area contributed by atoms with Crippen molar-refractivity contribution >= 4 is 11.9 Å². The first-order valence-corrected chi connectivity index (χ1v) is 5.09. The molecule has 0 fully saturated rings. The molecule has 0 aliphatic carbocycles. The topological polar surface area (TPSA) is 30.2 Å². The molecule has 1 aromatic carbocycles. The van der Waals surface area contributed by atoms with Crippen LogP contribution in [0.5, 0.6) is 0 Å². The third-order valence-corrected chi connectivity index (χ3v) is 2.35. The molecule has 0 spiro atoms. The zero-order valence-electron chi connectivity index (χ0n) is 9.01. The minimum Gasteiger partial charge on any atom is -0.465 e. The van der Waals surface area contributed by atoms with Crippen molar-refractivity contribution in [1.29, 1.82) is 0 Å². The van der Waals surface area contributed by atoms with E-state index in [0.29, 0.717) is 5.56 Å². The SMILES string of the molecule is Cc1ccoc1C=CC(=O)c1ccccc1. The van der Waals surface area contributed by atoms with Gasteiger partial charge in [0.2, 0.25) is 0 Å². The van der Waals surface area contributed by atoms with E-state index >= 15 is 0 Å². The first kappa shape index (κ1) is 10.4. The zero-order chi connectivity index (χ0) is 11.4. The van der Waals surface area contributed by atoms with Crippen molar-refractivity contribution in [2.24, 2.45) is 0 Å². The zero-order valence-corrected chi connectivity index (χ0v) is 9.01. The normalized spacial score (nSPS) is 10.8. The number of ketones is 1. The molecule has 1 aromatic heterocycles. The van der Waals surface area contributed by atoms with Crippen LogP contribution in [0.3, 0.4) is 0 Å². The summed E-state index contributed by atoms with van der Waals surface area (Å²) < 4.78 is 5.21. The van der Waals surface area contributed by atoms with Crippen molar-refractivity contribution < 1.29 is 9.21 Å². The van der Waals surface area contributed by atoms with Crippen LogP contribution in [0.25, 0.3) is 6.08 Å². The van der Waals surface area contributed by atoms with Crippen LogP contribution in [0.1, 0.15) is 21.7 Å². The molecule has 0 N–H and O–H groups in total. The van der Waals surface area contributed by atoms with Crippen LogP contribution >= 0.6 is 0 Å². The molecule has 16 heavy (non-hydrogen) atoms. The van der Waals surface area contributed by atoms with E-state index in [4.69, 9.17) is 4.42 Å². The lowest BCUT2D eigenvalue weighted by Gasteiger charge is -1.93. The Kier molecular flexibility index (Phi) is 3.01. The van der Waals surface area contributed by atoms with E-state index in [2.05, 4.69) is 0 Å². The van der Waals surface area contributed by atoms with Crippen LogP contribution in [0.15, 0.2) is 53.2 Å². The molecule has 0 atom stereocenters. The molecule has 0 saturated carbocycles. The van der Waals surface area contributed by atoms with Gasteiger partial charge in [0.15, 0.2) is 5.78 Å². The number of aryl methyl sites for hydroxylation is 1. The van der Waals surface area contributed by atoms with Gasteiger partial charge in [-0.25, -0.2) is 0 Å². The number of allylic oxidation sites excluding steroid dienone is 1. The Morgan fingerprint density at radius 3 is 2.56 bits per heavy atom. The summed E-state index contributed by atoms with van der Waals surface area (Å²) in [4.78, 5) is 11.7. The molecular formula is C14H12O2. The lowest BCUT2D eigenvalue weighted by molar-refractivity contribution is 0.104. The Labute approximate surface area is 94.2 Å². The van der Waals surface area contributed by atoms with Crippen molar-refractivity contribution in [2.75, 3.05) is 0 Å². The van der Waals surface area contributed by atoms with E-state index in [9.17, 15) is 4.79 Å². The quantitative estimate of drug-likeness (QED) is 0.576. The largest absolute Gasteiger partial charge is 0.465 e. The smallest absolute Gasteiger partial charge is 0.185 e. The van der Waals surface area contributed by atoms with Crippen LogP contribution in [0.2, 0.25) is 0 Å². The number of benzene rings is 1. The third-order valence-electron chi connectivity index (χ3n) is 2.35. The van der Waals surface area contributed by atoms with Crippen molar-refractivity contribution in [1.82, 2.24) is 0 Å². The van der Waals surface area contributed by atoms with Gasteiger partial charge in [-0.15, -0.1) is 0 Å². The molecule has 2 heteroatoms.